The zero-order valence-electron chi connectivity index (χ0n) is 19.0. The molecule has 3 rings (SSSR count). The summed E-state index contributed by atoms with van der Waals surface area (Å²) in [4.78, 5) is 0. The Kier molecular flexibility index (Phi) is 9.77. The highest BCUT2D eigenvalue weighted by atomic mass is 16.5. The standard InChI is InChI=1S/C28H37NO2/c1-2-3-4-5-6-7-20-30-27-16-12-25(13-17-27)26-14-18-28(19-15-26)31-22-24-10-8-23(21-29)9-11-24/h12-19,23-24H,2-11,20,22H2,1H3. The number of benzene rings is 2. The summed E-state index contributed by atoms with van der Waals surface area (Å²) in [5, 5.41) is 9.01. The molecule has 0 heterocycles. The third-order valence-corrected chi connectivity index (χ3v) is 6.32. The van der Waals surface area contributed by atoms with Gasteiger partial charge in [0.25, 0.3) is 0 Å². The van der Waals surface area contributed by atoms with Gasteiger partial charge >= 0.3 is 0 Å². The van der Waals surface area contributed by atoms with Gasteiger partial charge in [-0.1, -0.05) is 63.3 Å². The number of nitriles is 1. The zero-order chi connectivity index (χ0) is 21.7. The molecule has 0 atom stereocenters. The maximum absolute atomic E-state index is 9.01. The summed E-state index contributed by atoms with van der Waals surface area (Å²) >= 11 is 0. The first-order valence-electron chi connectivity index (χ1n) is 12.1. The van der Waals surface area contributed by atoms with Crippen LogP contribution in [0.2, 0.25) is 0 Å². The van der Waals surface area contributed by atoms with Gasteiger partial charge in [0.05, 0.1) is 19.3 Å². The van der Waals surface area contributed by atoms with Crippen LogP contribution in [0.1, 0.15) is 71.1 Å². The molecule has 0 amide bonds. The Morgan fingerprint density at radius 3 is 1.87 bits per heavy atom. The van der Waals surface area contributed by atoms with Crippen LogP contribution in [0.15, 0.2) is 48.5 Å². The third-order valence-electron chi connectivity index (χ3n) is 6.32. The number of ether oxygens (including phenoxy) is 2. The van der Waals surface area contributed by atoms with Gasteiger partial charge in [-0.15, -0.1) is 0 Å². The molecule has 3 heteroatoms. The zero-order valence-corrected chi connectivity index (χ0v) is 19.0. The average molecular weight is 420 g/mol. The summed E-state index contributed by atoms with van der Waals surface area (Å²) in [7, 11) is 0. The van der Waals surface area contributed by atoms with E-state index in [0.717, 1.165) is 56.8 Å². The second-order valence-electron chi connectivity index (χ2n) is 8.82. The van der Waals surface area contributed by atoms with Crippen LogP contribution in [0.4, 0.5) is 0 Å². The van der Waals surface area contributed by atoms with Crippen LogP contribution in [0.3, 0.4) is 0 Å². The fourth-order valence-corrected chi connectivity index (χ4v) is 4.23. The second kappa shape index (κ2) is 13.1. The van der Waals surface area contributed by atoms with Gasteiger partial charge in [0.15, 0.2) is 0 Å². The Bertz CT molecular complexity index is 783. The Morgan fingerprint density at radius 1 is 0.742 bits per heavy atom. The monoisotopic (exact) mass is 419 g/mol. The first-order chi connectivity index (χ1) is 15.3. The fraction of sp³-hybridized carbons (Fsp3) is 0.536. The van der Waals surface area contributed by atoms with E-state index < -0.39 is 0 Å². The molecule has 0 bridgehead atoms. The van der Waals surface area contributed by atoms with Crippen LogP contribution < -0.4 is 9.47 Å². The fourth-order valence-electron chi connectivity index (χ4n) is 4.23. The lowest BCUT2D eigenvalue weighted by atomic mass is 9.83. The van der Waals surface area contributed by atoms with E-state index in [1.54, 1.807) is 0 Å². The SMILES string of the molecule is CCCCCCCCOc1ccc(-c2ccc(OCC3CCC(C#N)CC3)cc2)cc1. The van der Waals surface area contributed by atoms with Gasteiger partial charge in [-0.2, -0.15) is 5.26 Å². The molecule has 2 aromatic carbocycles. The van der Waals surface area contributed by atoms with Gasteiger partial charge in [-0.3, -0.25) is 0 Å². The molecule has 1 aliphatic carbocycles. The molecular formula is C28H37NO2. The van der Waals surface area contributed by atoms with Gasteiger partial charge in [0.1, 0.15) is 11.5 Å². The van der Waals surface area contributed by atoms with E-state index in [1.807, 2.05) is 0 Å². The number of hydrogen-bond donors (Lipinski definition) is 0. The second-order valence-corrected chi connectivity index (χ2v) is 8.82. The average Bonchev–Trinajstić information content (AvgIpc) is 2.83. The van der Waals surface area contributed by atoms with Gasteiger partial charge in [0.2, 0.25) is 0 Å². The molecule has 3 nitrogen and oxygen atoms in total. The molecule has 0 spiro atoms. The molecule has 2 aromatic rings. The summed E-state index contributed by atoms with van der Waals surface area (Å²) < 4.78 is 11.9. The Labute approximate surface area is 188 Å². The largest absolute Gasteiger partial charge is 0.494 e. The van der Waals surface area contributed by atoms with E-state index in [1.165, 1.54) is 43.2 Å². The highest BCUT2D eigenvalue weighted by Gasteiger charge is 2.21. The molecule has 0 unspecified atom stereocenters. The van der Waals surface area contributed by atoms with Gasteiger partial charge < -0.3 is 9.47 Å². The molecular weight excluding hydrogens is 382 g/mol. The lowest BCUT2D eigenvalue weighted by molar-refractivity contribution is 0.196. The van der Waals surface area contributed by atoms with E-state index >= 15 is 0 Å². The van der Waals surface area contributed by atoms with Crippen LogP contribution in [0.5, 0.6) is 11.5 Å². The minimum Gasteiger partial charge on any atom is -0.494 e. The first kappa shape index (κ1) is 23.2. The van der Waals surface area contributed by atoms with Crippen molar-refractivity contribution in [2.45, 2.75) is 71.1 Å². The van der Waals surface area contributed by atoms with Crippen molar-refractivity contribution in [1.29, 1.82) is 5.26 Å². The Morgan fingerprint density at radius 2 is 1.29 bits per heavy atom. The topological polar surface area (TPSA) is 42.2 Å². The van der Waals surface area contributed by atoms with E-state index in [9.17, 15) is 0 Å². The molecule has 0 aromatic heterocycles. The Balaban J connectivity index is 1.39. The molecule has 166 valence electrons. The Hall–Kier alpha value is -2.47. The maximum Gasteiger partial charge on any atom is 0.119 e. The van der Waals surface area contributed by atoms with Crippen LogP contribution in [-0.2, 0) is 0 Å². The summed E-state index contributed by atoms with van der Waals surface area (Å²) in [6.45, 7) is 3.80. The lowest BCUT2D eigenvalue weighted by Gasteiger charge is -2.24. The highest BCUT2D eigenvalue weighted by Crippen LogP contribution is 2.29. The molecule has 1 fully saturated rings. The van der Waals surface area contributed by atoms with Crippen molar-refractivity contribution in [1.82, 2.24) is 0 Å². The number of rotatable bonds is 12. The van der Waals surface area contributed by atoms with Crippen molar-refractivity contribution < 1.29 is 9.47 Å². The van der Waals surface area contributed by atoms with Crippen molar-refractivity contribution >= 4 is 0 Å². The first-order valence-corrected chi connectivity index (χ1v) is 12.1. The molecule has 0 aliphatic heterocycles. The van der Waals surface area contributed by atoms with Crippen molar-refractivity contribution in [3.8, 4) is 28.7 Å². The highest BCUT2D eigenvalue weighted by molar-refractivity contribution is 5.64. The number of unbranched alkanes of at least 4 members (excludes halogenated alkanes) is 5. The van der Waals surface area contributed by atoms with E-state index in [-0.39, 0.29) is 5.92 Å². The van der Waals surface area contributed by atoms with Crippen molar-refractivity contribution in [2.75, 3.05) is 13.2 Å². The number of nitrogens with zero attached hydrogens (tertiary/aromatic N) is 1. The third kappa shape index (κ3) is 7.94. The molecule has 0 N–H and O–H groups in total. The molecule has 0 saturated heterocycles. The number of hydrogen-bond acceptors (Lipinski definition) is 3. The van der Waals surface area contributed by atoms with E-state index in [0.29, 0.717) is 5.92 Å². The van der Waals surface area contributed by atoms with Crippen LogP contribution in [-0.4, -0.2) is 13.2 Å². The lowest BCUT2D eigenvalue weighted by Crippen LogP contribution is -2.19. The summed E-state index contributed by atoms with van der Waals surface area (Å²) in [5.74, 6) is 2.70. The summed E-state index contributed by atoms with van der Waals surface area (Å²) in [5.41, 5.74) is 2.37. The van der Waals surface area contributed by atoms with Gasteiger partial charge in [0, 0.05) is 5.92 Å². The van der Waals surface area contributed by atoms with Crippen molar-refractivity contribution in [3.63, 3.8) is 0 Å². The van der Waals surface area contributed by atoms with Crippen LogP contribution in [0, 0.1) is 23.2 Å². The van der Waals surface area contributed by atoms with Crippen LogP contribution in [0.25, 0.3) is 11.1 Å². The van der Waals surface area contributed by atoms with Crippen molar-refractivity contribution in [3.05, 3.63) is 48.5 Å². The van der Waals surface area contributed by atoms with E-state index in [4.69, 9.17) is 14.7 Å². The minimum atomic E-state index is 0.253. The predicted octanol–water partition coefficient (Wildman–Crippen LogP) is 7.80. The molecule has 31 heavy (non-hydrogen) atoms. The van der Waals surface area contributed by atoms with Crippen LogP contribution >= 0.6 is 0 Å². The quantitative estimate of drug-likeness (QED) is 0.330. The van der Waals surface area contributed by atoms with E-state index in [2.05, 4.69) is 61.5 Å². The predicted molar refractivity (Wildman–Crippen MR) is 127 cm³/mol. The summed E-state index contributed by atoms with van der Waals surface area (Å²) in [6.07, 6.45) is 11.9. The van der Waals surface area contributed by atoms with Gasteiger partial charge in [-0.25, -0.2) is 0 Å². The van der Waals surface area contributed by atoms with Gasteiger partial charge in [-0.05, 0) is 73.4 Å². The smallest absolute Gasteiger partial charge is 0.119 e. The molecule has 1 aliphatic rings. The molecule has 0 radical (unpaired) electrons. The maximum atomic E-state index is 9.01. The minimum absolute atomic E-state index is 0.253. The summed E-state index contributed by atoms with van der Waals surface area (Å²) in [6, 6.07) is 19.1. The molecule has 1 saturated carbocycles. The normalized spacial score (nSPS) is 18.3. The van der Waals surface area contributed by atoms with Crippen molar-refractivity contribution in [2.24, 2.45) is 11.8 Å².